The third-order valence-electron chi connectivity index (χ3n) is 5.99. The van der Waals surface area contributed by atoms with E-state index in [4.69, 9.17) is 0 Å². The smallest absolute Gasteiger partial charge is 0.195 e. The van der Waals surface area contributed by atoms with Gasteiger partial charge in [0, 0.05) is 22.3 Å². The average molecular weight is 384 g/mol. The lowest BCUT2D eigenvalue weighted by Crippen LogP contribution is -2.21. The van der Waals surface area contributed by atoms with Crippen LogP contribution in [0.15, 0.2) is 97.1 Å². The predicted octanol–water partition coefficient (Wildman–Crippen LogP) is 6.44. The second-order valence-electron chi connectivity index (χ2n) is 7.66. The van der Waals surface area contributed by atoms with Crippen LogP contribution in [0.4, 0.5) is 0 Å². The molecule has 0 fully saturated rings. The van der Waals surface area contributed by atoms with Gasteiger partial charge >= 0.3 is 0 Å². The summed E-state index contributed by atoms with van der Waals surface area (Å²) in [5, 5.41) is 4.51. The van der Waals surface area contributed by atoms with Crippen molar-refractivity contribution in [2.45, 2.75) is 0 Å². The SMILES string of the molecule is O=C1c2ccccc2C(=O)c2c1cccc2-c1cccc2cc3ccccc3cc12. The van der Waals surface area contributed by atoms with Gasteiger partial charge in [-0.1, -0.05) is 84.9 Å². The summed E-state index contributed by atoms with van der Waals surface area (Å²) in [6, 6.07) is 31.4. The van der Waals surface area contributed by atoms with Crippen molar-refractivity contribution in [3.8, 4) is 11.1 Å². The molecule has 0 aliphatic heterocycles. The number of benzene rings is 5. The summed E-state index contributed by atoms with van der Waals surface area (Å²) in [6.07, 6.45) is 0. The zero-order valence-corrected chi connectivity index (χ0v) is 16.1. The highest BCUT2D eigenvalue weighted by molar-refractivity contribution is 6.30. The Bertz CT molecular complexity index is 1530. The Kier molecular flexibility index (Phi) is 3.50. The Balaban J connectivity index is 1.67. The highest BCUT2D eigenvalue weighted by Crippen LogP contribution is 2.38. The molecule has 0 atom stereocenters. The van der Waals surface area contributed by atoms with Crippen LogP contribution in [0.25, 0.3) is 32.7 Å². The van der Waals surface area contributed by atoms with Crippen molar-refractivity contribution < 1.29 is 9.59 Å². The Hall–Kier alpha value is -4.04. The van der Waals surface area contributed by atoms with E-state index >= 15 is 0 Å². The standard InChI is InChI=1S/C28H16O2/c29-27-22-10-3-4-11-23(22)28(30)26-21(13-6-14-24(26)27)20-12-5-9-19-15-17-7-1-2-8-18(17)16-25(19)20/h1-16H. The van der Waals surface area contributed by atoms with Crippen LogP contribution in [0.5, 0.6) is 0 Å². The third kappa shape index (κ3) is 2.31. The lowest BCUT2D eigenvalue weighted by atomic mass is 9.80. The first-order valence-electron chi connectivity index (χ1n) is 9.96. The highest BCUT2D eigenvalue weighted by Gasteiger charge is 2.31. The van der Waals surface area contributed by atoms with E-state index in [0.717, 1.165) is 27.3 Å². The quantitative estimate of drug-likeness (QED) is 0.306. The van der Waals surface area contributed by atoms with Gasteiger partial charge in [-0.15, -0.1) is 0 Å². The molecule has 0 saturated heterocycles. The zero-order chi connectivity index (χ0) is 20.2. The number of ketones is 2. The Labute approximate surface area is 173 Å². The fraction of sp³-hybridized carbons (Fsp3) is 0. The summed E-state index contributed by atoms with van der Waals surface area (Å²) in [4.78, 5) is 26.6. The molecule has 0 unspecified atom stereocenters. The van der Waals surface area contributed by atoms with E-state index in [1.54, 1.807) is 24.3 Å². The van der Waals surface area contributed by atoms with Gasteiger partial charge in [0.2, 0.25) is 0 Å². The van der Waals surface area contributed by atoms with Gasteiger partial charge in [-0.2, -0.15) is 0 Å². The van der Waals surface area contributed by atoms with Crippen LogP contribution in [0.3, 0.4) is 0 Å². The molecular formula is C28H16O2. The molecule has 2 nitrogen and oxygen atoms in total. The second-order valence-corrected chi connectivity index (χ2v) is 7.66. The van der Waals surface area contributed by atoms with E-state index in [9.17, 15) is 9.59 Å². The maximum absolute atomic E-state index is 13.4. The van der Waals surface area contributed by atoms with Crippen molar-refractivity contribution in [1.29, 1.82) is 0 Å². The summed E-state index contributed by atoms with van der Waals surface area (Å²) in [6.45, 7) is 0. The molecule has 30 heavy (non-hydrogen) atoms. The van der Waals surface area contributed by atoms with Crippen molar-refractivity contribution in [3.05, 3.63) is 119 Å². The molecule has 0 aromatic heterocycles. The molecule has 0 amide bonds. The fourth-order valence-electron chi connectivity index (χ4n) is 4.57. The summed E-state index contributed by atoms with van der Waals surface area (Å²) in [5.41, 5.74) is 3.72. The third-order valence-corrected chi connectivity index (χ3v) is 5.99. The van der Waals surface area contributed by atoms with E-state index in [2.05, 4.69) is 30.3 Å². The van der Waals surface area contributed by atoms with Gasteiger partial charge in [0.05, 0.1) is 0 Å². The summed E-state index contributed by atoms with van der Waals surface area (Å²) >= 11 is 0. The van der Waals surface area contributed by atoms with E-state index in [1.165, 1.54) is 5.39 Å². The summed E-state index contributed by atoms with van der Waals surface area (Å²) < 4.78 is 0. The molecule has 0 bridgehead atoms. The molecule has 1 aliphatic rings. The van der Waals surface area contributed by atoms with Gasteiger partial charge in [-0.3, -0.25) is 9.59 Å². The molecule has 5 aromatic carbocycles. The van der Waals surface area contributed by atoms with Crippen LogP contribution in [-0.2, 0) is 0 Å². The molecule has 5 aromatic rings. The van der Waals surface area contributed by atoms with Gasteiger partial charge in [0.25, 0.3) is 0 Å². The minimum Gasteiger partial charge on any atom is -0.289 e. The van der Waals surface area contributed by atoms with Crippen molar-refractivity contribution >= 4 is 33.1 Å². The molecule has 2 heteroatoms. The Morgan fingerprint density at radius 1 is 0.400 bits per heavy atom. The Morgan fingerprint density at radius 2 is 0.933 bits per heavy atom. The van der Waals surface area contributed by atoms with Crippen molar-refractivity contribution in [2.24, 2.45) is 0 Å². The van der Waals surface area contributed by atoms with Crippen LogP contribution in [0, 0.1) is 0 Å². The van der Waals surface area contributed by atoms with E-state index in [-0.39, 0.29) is 11.6 Å². The average Bonchev–Trinajstić information content (AvgIpc) is 2.80. The maximum atomic E-state index is 13.4. The van der Waals surface area contributed by atoms with Gasteiger partial charge in [0.1, 0.15) is 0 Å². The number of carbonyl (C=O) groups is 2. The zero-order valence-electron chi connectivity index (χ0n) is 16.1. The topological polar surface area (TPSA) is 34.1 Å². The van der Waals surface area contributed by atoms with Gasteiger partial charge in [-0.25, -0.2) is 0 Å². The molecule has 140 valence electrons. The largest absolute Gasteiger partial charge is 0.289 e. The lowest BCUT2D eigenvalue weighted by molar-refractivity contribution is 0.0979. The Morgan fingerprint density at radius 3 is 1.73 bits per heavy atom. The number of carbonyl (C=O) groups excluding carboxylic acids is 2. The minimum atomic E-state index is -0.0901. The van der Waals surface area contributed by atoms with Crippen molar-refractivity contribution in [3.63, 3.8) is 0 Å². The van der Waals surface area contributed by atoms with Crippen LogP contribution >= 0.6 is 0 Å². The normalized spacial score (nSPS) is 12.8. The molecule has 0 saturated carbocycles. The fourth-order valence-corrected chi connectivity index (χ4v) is 4.57. The number of rotatable bonds is 1. The van der Waals surface area contributed by atoms with E-state index < -0.39 is 0 Å². The molecular weight excluding hydrogens is 368 g/mol. The minimum absolute atomic E-state index is 0.0893. The predicted molar refractivity (Wildman–Crippen MR) is 120 cm³/mol. The highest BCUT2D eigenvalue weighted by atomic mass is 16.1. The van der Waals surface area contributed by atoms with Crippen molar-refractivity contribution in [1.82, 2.24) is 0 Å². The summed E-state index contributed by atoms with van der Waals surface area (Å²) in [7, 11) is 0. The summed E-state index contributed by atoms with van der Waals surface area (Å²) in [5.74, 6) is -0.179. The first-order valence-corrected chi connectivity index (χ1v) is 9.96. The van der Waals surface area contributed by atoms with Gasteiger partial charge in [0.15, 0.2) is 11.6 Å². The van der Waals surface area contributed by atoms with E-state index in [1.807, 2.05) is 42.5 Å². The first kappa shape index (κ1) is 16.9. The number of hydrogen-bond donors (Lipinski definition) is 0. The lowest BCUT2D eigenvalue weighted by Gasteiger charge is -2.21. The molecule has 0 spiro atoms. The van der Waals surface area contributed by atoms with Crippen LogP contribution in [-0.4, -0.2) is 11.6 Å². The van der Waals surface area contributed by atoms with Gasteiger partial charge < -0.3 is 0 Å². The van der Waals surface area contributed by atoms with E-state index in [0.29, 0.717) is 22.3 Å². The monoisotopic (exact) mass is 384 g/mol. The second kappa shape index (κ2) is 6.23. The van der Waals surface area contributed by atoms with Gasteiger partial charge in [-0.05, 0) is 44.8 Å². The molecule has 0 N–H and O–H groups in total. The molecule has 0 radical (unpaired) electrons. The van der Waals surface area contributed by atoms with Crippen LogP contribution in [0.2, 0.25) is 0 Å². The van der Waals surface area contributed by atoms with Crippen LogP contribution in [0.1, 0.15) is 31.8 Å². The number of fused-ring (bicyclic) bond motifs is 4. The molecule has 1 aliphatic carbocycles. The van der Waals surface area contributed by atoms with Crippen LogP contribution < -0.4 is 0 Å². The van der Waals surface area contributed by atoms with Crippen molar-refractivity contribution in [2.75, 3.05) is 0 Å². The first-order chi connectivity index (χ1) is 14.7. The molecule has 6 rings (SSSR count). The number of hydrogen-bond acceptors (Lipinski definition) is 2. The molecule has 0 heterocycles. The maximum Gasteiger partial charge on any atom is 0.195 e.